The monoisotopic (exact) mass is 373 g/mol. The highest BCUT2D eigenvalue weighted by atomic mass is 79.9. The van der Waals surface area contributed by atoms with Gasteiger partial charge < -0.3 is 10.1 Å². The van der Waals surface area contributed by atoms with Gasteiger partial charge in [0.25, 0.3) is 0 Å². The molecule has 5 heteroatoms. The predicted octanol–water partition coefficient (Wildman–Crippen LogP) is 5.18. The van der Waals surface area contributed by atoms with E-state index in [2.05, 4.69) is 32.7 Å². The summed E-state index contributed by atoms with van der Waals surface area (Å²) >= 11 is 11.7. The SMILES string of the molecule is CCOc1ccc(C(NC)c2scc(C)c2Cl)c(Br)c1. The molecule has 0 amide bonds. The molecule has 1 aromatic heterocycles. The number of aryl methyl sites for hydroxylation is 1. The second-order valence-corrected chi connectivity index (χ2v) is 6.58. The van der Waals surface area contributed by atoms with E-state index >= 15 is 0 Å². The summed E-state index contributed by atoms with van der Waals surface area (Å²) in [5.74, 6) is 0.867. The van der Waals surface area contributed by atoms with Gasteiger partial charge in [0, 0.05) is 9.35 Å². The van der Waals surface area contributed by atoms with Crippen molar-refractivity contribution >= 4 is 38.9 Å². The average molecular weight is 375 g/mol. The van der Waals surface area contributed by atoms with Crippen molar-refractivity contribution in [3.8, 4) is 5.75 Å². The van der Waals surface area contributed by atoms with E-state index in [4.69, 9.17) is 16.3 Å². The molecule has 0 fully saturated rings. The van der Waals surface area contributed by atoms with Crippen LogP contribution in [0.1, 0.15) is 29.0 Å². The maximum atomic E-state index is 6.40. The Hall–Kier alpha value is -0.550. The fraction of sp³-hybridized carbons (Fsp3) is 0.333. The van der Waals surface area contributed by atoms with Crippen molar-refractivity contribution in [2.75, 3.05) is 13.7 Å². The lowest BCUT2D eigenvalue weighted by molar-refractivity contribution is 0.340. The van der Waals surface area contributed by atoms with Crippen LogP contribution < -0.4 is 10.1 Å². The third-order valence-electron chi connectivity index (χ3n) is 3.07. The van der Waals surface area contributed by atoms with Gasteiger partial charge in [-0.25, -0.2) is 0 Å². The average Bonchev–Trinajstić information content (AvgIpc) is 2.75. The highest BCUT2D eigenvalue weighted by Crippen LogP contribution is 2.38. The topological polar surface area (TPSA) is 21.3 Å². The summed E-state index contributed by atoms with van der Waals surface area (Å²) in [6, 6.07) is 6.13. The van der Waals surface area contributed by atoms with E-state index < -0.39 is 0 Å². The van der Waals surface area contributed by atoms with Crippen LogP contribution in [-0.2, 0) is 0 Å². The highest BCUT2D eigenvalue weighted by Gasteiger charge is 2.20. The lowest BCUT2D eigenvalue weighted by Gasteiger charge is -2.18. The van der Waals surface area contributed by atoms with E-state index in [9.17, 15) is 0 Å². The van der Waals surface area contributed by atoms with Gasteiger partial charge >= 0.3 is 0 Å². The zero-order chi connectivity index (χ0) is 14.7. The van der Waals surface area contributed by atoms with Crippen molar-refractivity contribution in [2.45, 2.75) is 19.9 Å². The molecule has 0 spiro atoms. The van der Waals surface area contributed by atoms with Crippen LogP contribution in [0, 0.1) is 6.92 Å². The lowest BCUT2D eigenvalue weighted by atomic mass is 10.0. The van der Waals surface area contributed by atoms with E-state index in [1.165, 1.54) is 0 Å². The maximum absolute atomic E-state index is 6.40. The molecule has 1 unspecified atom stereocenters. The molecule has 2 rings (SSSR count). The molecule has 0 aliphatic rings. The standard InChI is InChI=1S/C15H17BrClNOS/c1-4-19-10-5-6-11(12(16)7-10)14(18-3)15-13(17)9(2)8-20-15/h5-8,14,18H,4H2,1-3H3. The van der Waals surface area contributed by atoms with Crippen LogP contribution in [-0.4, -0.2) is 13.7 Å². The van der Waals surface area contributed by atoms with Crippen LogP contribution in [0.25, 0.3) is 0 Å². The Balaban J connectivity index is 2.39. The van der Waals surface area contributed by atoms with Crippen molar-refractivity contribution in [3.63, 3.8) is 0 Å². The molecule has 0 radical (unpaired) electrons. The van der Waals surface area contributed by atoms with Crippen LogP contribution in [0.2, 0.25) is 5.02 Å². The molecule has 20 heavy (non-hydrogen) atoms. The number of nitrogens with one attached hydrogen (secondary N) is 1. The second kappa shape index (κ2) is 6.94. The fourth-order valence-corrected chi connectivity index (χ4v) is 4.09. The predicted molar refractivity (Wildman–Crippen MR) is 90.3 cm³/mol. The fourth-order valence-electron chi connectivity index (χ4n) is 2.07. The Morgan fingerprint density at radius 3 is 2.70 bits per heavy atom. The number of hydrogen-bond acceptors (Lipinski definition) is 3. The number of rotatable bonds is 5. The van der Waals surface area contributed by atoms with Gasteiger partial charge in [0.15, 0.2) is 0 Å². The molecular weight excluding hydrogens is 358 g/mol. The largest absolute Gasteiger partial charge is 0.494 e. The van der Waals surface area contributed by atoms with Crippen LogP contribution >= 0.6 is 38.9 Å². The van der Waals surface area contributed by atoms with Gasteiger partial charge in [-0.1, -0.05) is 33.6 Å². The number of hydrogen-bond donors (Lipinski definition) is 1. The highest BCUT2D eigenvalue weighted by molar-refractivity contribution is 9.10. The first kappa shape index (κ1) is 15.8. The lowest BCUT2D eigenvalue weighted by Crippen LogP contribution is -2.17. The molecule has 0 aliphatic heterocycles. The summed E-state index contributed by atoms with van der Waals surface area (Å²) in [5.41, 5.74) is 2.27. The third-order valence-corrected chi connectivity index (χ3v) is 5.54. The van der Waals surface area contributed by atoms with Crippen molar-refractivity contribution in [1.82, 2.24) is 5.32 Å². The van der Waals surface area contributed by atoms with Gasteiger partial charge in [-0.3, -0.25) is 0 Å². The van der Waals surface area contributed by atoms with E-state index in [1.807, 2.05) is 33.0 Å². The molecule has 0 aliphatic carbocycles. The Morgan fingerprint density at radius 2 is 2.20 bits per heavy atom. The van der Waals surface area contributed by atoms with Crippen molar-refractivity contribution < 1.29 is 4.74 Å². The van der Waals surface area contributed by atoms with Crippen molar-refractivity contribution in [1.29, 1.82) is 0 Å². The minimum absolute atomic E-state index is 0.0752. The van der Waals surface area contributed by atoms with Gasteiger partial charge in [-0.2, -0.15) is 0 Å². The first-order valence-electron chi connectivity index (χ1n) is 6.41. The third kappa shape index (κ3) is 3.19. The molecule has 108 valence electrons. The van der Waals surface area contributed by atoms with E-state index in [0.717, 1.165) is 31.2 Å². The molecule has 1 aromatic carbocycles. The molecule has 1 atom stereocenters. The van der Waals surface area contributed by atoms with Crippen LogP contribution in [0.5, 0.6) is 5.75 Å². The van der Waals surface area contributed by atoms with Crippen molar-refractivity contribution in [2.24, 2.45) is 0 Å². The van der Waals surface area contributed by atoms with Crippen LogP contribution in [0.3, 0.4) is 0 Å². The van der Waals surface area contributed by atoms with E-state index in [-0.39, 0.29) is 6.04 Å². The molecule has 2 aromatic rings. The van der Waals surface area contributed by atoms with Crippen LogP contribution in [0.15, 0.2) is 28.1 Å². The summed E-state index contributed by atoms with van der Waals surface area (Å²) in [5, 5.41) is 6.27. The smallest absolute Gasteiger partial charge is 0.120 e. The van der Waals surface area contributed by atoms with Crippen molar-refractivity contribution in [3.05, 3.63) is 49.1 Å². The number of thiophene rings is 1. The molecular formula is C15H17BrClNOS. The summed E-state index contributed by atoms with van der Waals surface area (Å²) in [4.78, 5) is 1.14. The summed E-state index contributed by atoms with van der Waals surface area (Å²) in [6.07, 6.45) is 0. The first-order valence-corrected chi connectivity index (χ1v) is 8.46. The minimum Gasteiger partial charge on any atom is -0.494 e. The molecule has 1 heterocycles. The van der Waals surface area contributed by atoms with Gasteiger partial charge in [0.1, 0.15) is 5.75 Å². The number of ether oxygens (including phenoxy) is 1. The summed E-state index contributed by atoms with van der Waals surface area (Å²) in [6.45, 7) is 4.67. The molecule has 0 saturated heterocycles. The van der Waals surface area contributed by atoms with Gasteiger partial charge in [0.2, 0.25) is 0 Å². The Bertz CT molecular complexity index is 600. The maximum Gasteiger partial charge on any atom is 0.120 e. The van der Waals surface area contributed by atoms with Gasteiger partial charge in [0.05, 0.1) is 17.7 Å². The molecule has 1 N–H and O–H groups in total. The Morgan fingerprint density at radius 1 is 1.45 bits per heavy atom. The molecule has 0 saturated carbocycles. The van der Waals surface area contributed by atoms with Crippen LogP contribution in [0.4, 0.5) is 0 Å². The first-order chi connectivity index (χ1) is 9.58. The van der Waals surface area contributed by atoms with Gasteiger partial charge in [-0.15, -0.1) is 11.3 Å². The number of benzene rings is 1. The normalized spacial score (nSPS) is 12.4. The van der Waals surface area contributed by atoms with Gasteiger partial charge in [-0.05, 0) is 49.5 Å². The zero-order valence-electron chi connectivity index (χ0n) is 11.7. The Labute approximate surface area is 137 Å². The molecule has 0 bridgehead atoms. The second-order valence-electron chi connectivity index (χ2n) is 4.43. The van der Waals surface area contributed by atoms with E-state index in [0.29, 0.717) is 6.61 Å². The summed E-state index contributed by atoms with van der Waals surface area (Å²) in [7, 11) is 1.94. The number of halogens is 2. The quantitative estimate of drug-likeness (QED) is 0.778. The van der Waals surface area contributed by atoms with E-state index in [1.54, 1.807) is 11.3 Å². The minimum atomic E-state index is 0.0752. The summed E-state index contributed by atoms with van der Waals surface area (Å²) < 4.78 is 6.53. The molecule has 2 nitrogen and oxygen atoms in total. The zero-order valence-corrected chi connectivity index (χ0v) is 14.8. The Kier molecular flexibility index (Phi) is 5.49.